The summed E-state index contributed by atoms with van der Waals surface area (Å²) in [6.45, 7) is 3.80. The third-order valence-electron chi connectivity index (χ3n) is 1.93. The average Bonchev–Trinajstić information content (AvgIpc) is 2.35. The van der Waals surface area contributed by atoms with Crippen molar-refractivity contribution >= 4 is 0 Å². The molecule has 12 heavy (non-hydrogen) atoms. The molecule has 4 nitrogen and oxygen atoms in total. The highest BCUT2D eigenvalue weighted by molar-refractivity contribution is 4.98. The second-order valence-electron chi connectivity index (χ2n) is 3.29. The van der Waals surface area contributed by atoms with Crippen LogP contribution in [0.2, 0.25) is 0 Å². The molecule has 0 fully saturated rings. The summed E-state index contributed by atoms with van der Waals surface area (Å²) in [6, 6.07) is 0. The Kier molecular flexibility index (Phi) is 2.47. The summed E-state index contributed by atoms with van der Waals surface area (Å²) in [5.74, 6) is 0.629. The minimum Gasteiger partial charge on any atom is -0.382 e. The fourth-order valence-electron chi connectivity index (χ4n) is 1.37. The highest BCUT2D eigenvalue weighted by Crippen LogP contribution is 2.22. The van der Waals surface area contributed by atoms with Gasteiger partial charge in [0.05, 0.1) is 0 Å². The molecule has 1 unspecified atom stereocenters. The Hall–Kier alpha value is -0.900. The van der Waals surface area contributed by atoms with Gasteiger partial charge in [-0.15, -0.1) is 10.2 Å². The van der Waals surface area contributed by atoms with Gasteiger partial charge in [-0.05, 0) is 13.3 Å². The molecular weight excluding hydrogens is 154 g/mol. The van der Waals surface area contributed by atoms with Crippen molar-refractivity contribution in [1.82, 2.24) is 14.8 Å². The van der Waals surface area contributed by atoms with Crippen LogP contribution in [0.25, 0.3) is 0 Å². The van der Waals surface area contributed by atoms with Gasteiger partial charge in [0, 0.05) is 7.05 Å². The Labute approximate surface area is 72.2 Å². The van der Waals surface area contributed by atoms with Crippen LogP contribution in [0.4, 0.5) is 0 Å². The van der Waals surface area contributed by atoms with Crippen LogP contribution in [0.3, 0.4) is 0 Å². The van der Waals surface area contributed by atoms with E-state index in [9.17, 15) is 5.11 Å². The smallest absolute Gasteiger partial charge is 0.164 e. The van der Waals surface area contributed by atoms with Gasteiger partial charge in [-0.3, -0.25) is 0 Å². The molecule has 0 spiro atoms. The average molecular weight is 169 g/mol. The molecule has 0 saturated heterocycles. The van der Waals surface area contributed by atoms with E-state index >= 15 is 0 Å². The molecule has 0 aliphatic rings. The molecule has 1 rings (SSSR count). The van der Waals surface area contributed by atoms with Gasteiger partial charge >= 0.3 is 0 Å². The van der Waals surface area contributed by atoms with Crippen molar-refractivity contribution in [1.29, 1.82) is 0 Å². The van der Waals surface area contributed by atoms with Crippen LogP contribution in [0.1, 0.15) is 32.5 Å². The van der Waals surface area contributed by atoms with Crippen LogP contribution >= 0.6 is 0 Å². The summed E-state index contributed by atoms with van der Waals surface area (Å²) in [5.41, 5.74) is -0.847. The summed E-state index contributed by atoms with van der Waals surface area (Å²) < 4.78 is 1.75. The number of aryl methyl sites for hydroxylation is 1. The first-order chi connectivity index (χ1) is 5.58. The lowest BCUT2D eigenvalue weighted by atomic mass is 10.00. The van der Waals surface area contributed by atoms with E-state index in [0.717, 1.165) is 6.42 Å². The number of hydrogen-bond donors (Lipinski definition) is 1. The SMILES string of the molecule is CCCC(C)(O)c1nncn1C. The Morgan fingerprint density at radius 2 is 2.33 bits per heavy atom. The number of nitrogens with zero attached hydrogens (tertiary/aromatic N) is 3. The molecular formula is C8H15N3O. The number of aliphatic hydroxyl groups is 1. The second kappa shape index (κ2) is 3.23. The predicted octanol–water partition coefficient (Wildman–Crippen LogP) is 0.823. The zero-order valence-corrected chi connectivity index (χ0v) is 7.78. The summed E-state index contributed by atoms with van der Waals surface area (Å²) in [4.78, 5) is 0. The zero-order chi connectivity index (χ0) is 9.19. The van der Waals surface area contributed by atoms with Gasteiger partial charge in [-0.1, -0.05) is 13.3 Å². The van der Waals surface area contributed by atoms with Crippen molar-refractivity contribution in [2.24, 2.45) is 7.05 Å². The van der Waals surface area contributed by atoms with Crippen LogP contribution in [0.15, 0.2) is 6.33 Å². The summed E-state index contributed by atoms with van der Waals surface area (Å²) in [5, 5.41) is 17.5. The molecule has 0 radical (unpaired) electrons. The molecule has 1 aromatic heterocycles. The minimum absolute atomic E-state index is 0.629. The molecule has 0 saturated carbocycles. The van der Waals surface area contributed by atoms with Gasteiger partial charge in [0.15, 0.2) is 5.82 Å². The quantitative estimate of drug-likeness (QED) is 0.729. The molecule has 0 bridgehead atoms. The lowest BCUT2D eigenvalue weighted by Crippen LogP contribution is -2.25. The molecule has 1 heterocycles. The molecule has 4 heteroatoms. The van der Waals surface area contributed by atoms with Gasteiger partial charge in [-0.2, -0.15) is 0 Å². The van der Waals surface area contributed by atoms with Crippen LogP contribution in [0, 0.1) is 0 Å². The van der Waals surface area contributed by atoms with E-state index in [2.05, 4.69) is 10.2 Å². The van der Waals surface area contributed by atoms with E-state index in [4.69, 9.17) is 0 Å². The van der Waals surface area contributed by atoms with E-state index in [-0.39, 0.29) is 0 Å². The molecule has 1 aromatic rings. The first kappa shape index (κ1) is 9.19. The van der Waals surface area contributed by atoms with Gasteiger partial charge in [-0.25, -0.2) is 0 Å². The maximum Gasteiger partial charge on any atom is 0.164 e. The third-order valence-corrected chi connectivity index (χ3v) is 1.93. The number of hydrogen-bond acceptors (Lipinski definition) is 3. The summed E-state index contributed by atoms with van der Waals surface area (Å²) in [6.07, 6.45) is 3.23. The Balaban J connectivity index is 2.88. The van der Waals surface area contributed by atoms with Crippen LogP contribution in [-0.2, 0) is 12.6 Å². The van der Waals surface area contributed by atoms with E-state index in [1.54, 1.807) is 17.8 Å². The van der Waals surface area contributed by atoms with Crippen molar-refractivity contribution in [2.45, 2.75) is 32.3 Å². The molecule has 0 aromatic carbocycles. The topological polar surface area (TPSA) is 50.9 Å². The van der Waals surface area contributed by atoms with Gasteiger partial charge < -0.3 is 9.67 Å². The monoisotopic (exact) mass is 169 g/mol. The minimum atomic E-state index is -0.847. The first-order valence-electron chi connectivity index (χ1n) is 4.15. The van der Waals surface area contributed by atoms with Crippen molar-refractivity contribution in [3.63, 3.8) is 0 Å². The van der Waals surface area contributed by atoms with Crippen LogP contribution < -0.4 is 0 Å². The van der Waals surface area contributed by atoms with E-state index < -0.39 is 5.60 Å². The van der Waals surface area contributed by atoms with Crippen molar-refractivity contribution < 1.29 is 5.11 Å². The maximum absolute atomic E-state index is 9.93. The van der Waals surface area contributed by atoms with Gasteiger partial charge in [0.1, 0.15) is 11.9 Å². The lowest BCUT2D eigenvalue weighted by molar-refractivity contribution is 0.0346. The standard InChI is InChI=1S/C8H15N3O/c1-4-5-8(2,12)7-10-9-6-11(7)3/h6,12H,4-5H2,1-3H3. The maximum atomic E-state index is 9.93. The van der Waals surface area contributed by atoms with Gasteiger partial charge in [0.25, 0.3) is 0 Å². The van der Waals surface area contributed by atoms with Crippen molar-refractivity contribution in [2.75, 3.05) is 0 Å². The van der Waals surface area contributed by atoms with E-state index in [1.165, 1.54) is 0 Å². The normalized spacial score (nSPS) is 16.0. The molecule has 0 aliphatic carbocycles. The molecule has 68 valence electrons. The zero-order valence-electron chi connectivity index (χ0n) is 7.78. The fourth-order valence-corrected chi connectivity index (χ4v) is 1.37. The predicted molar refractivity (Wildman–Crippen MR) is 45.5 cm³/mol. The molecule has 1 atom stereocenters. The Bertz CT molecular complexity index is 255. The highest BCUT2D eigenvalue weighted by atomic mass is 16.3. The third kappa shape index (κ3) is 1.64. The Morgan fingerprint density at radius 3 is 2.75 bits per heavy atom. The molecule has 0 aliphatic heterocycles. The molecule has 0 amide bonds. The Morgan fingerprint density at radius 1 is 1.67 bits per heavy atom. The first-order valence-corrected chi connectivity index (χ1v) is 4.15. The van der Waals surface area contributed by atoms with E-state index in [0.29, 0.717) is 12.2 Å². The van der Waals surface area contributed by atoms with E-state index in [1.807, 2.05) is 14.0 Å². The second-order valence-corrected chi connectivity index (χ2v) is 3.29. The lowest BCUT2D eigenvalue weighted by Gasteiger charge is -2.20. The number of aromatic nitrogens is 3. The largest absolute Gasteiger partial charge is 0.382 e. The molecule has 1 N–H and O–H groups in total. The fraction of sp³-hybridized carbons (Fsp3) is 0.750. The van der Waals surface area contributed by atoms with Crippen LogP contribution in [0.5, 0.6) is 0 Å². The van der Waals surface area contributed by atoms with Crippen LogP contribution in [-0.4, -0.2) is 19.9 Å². The number of rotatable bonds is 3. The summed E-state index contributed by atoms with van der Waals surface area (Å²) in [7, 11) is 1.83. The van der Waals surface area contributed by atoms with Gasteiger partial charge in [0.2, 0.25) is 0 Å². The highest BCUT2D eigenvalue weighted by Gasteiger charge is 2.26. The summed E-state index contributed by atoms with van der Waals surface area (Å²) >= 11 is 0. The van der Waals surface area contributed by atoms with Crippen molar-refractivity contribution in [3.05, 3.63) is 12.2 Å². The van der Waals surface area contributed by atoms with Crippen molar-refractivity contribution in [3.8, 4) is 0 Å².